The number of aromatic carboxylic acids is 1. The third-order valence-corrected chi connectivity index (χ3v) is 3.15. The molecule has 5 nitrogen and oxygen atoms in total. The third-order valence-electron chi connectivity index (χ3n) is 2.43. The summed E-state index contributed by atoms with van der Waals surface area (Å²) < 4.78 is 10.3. The number of thioether (sulfide) groups is 1. The lowest BCUT2D eigenvalue weighted by Gasteiger charge is -2.03. The van der Waals surface area contributed by atoms with E-state index in [0.29, 0.717) is 12.4 Å². The minimum atomic E-state index is -1.11. The third kappa shape index (κ3) is 3.84. The summed E-state index contributed by atoms with van der Waals surface area (Å²) in [6, 6.07) is 9.39. The van der Waals surface area contributed by atoms with Crippen LogP contribution < -0.4 is 0 Å². The number of carboxylic acids is 1. The lowest BCUT2D eigenvalue weighted by molar-refractivity contribution is 0.0683. The van der Waals surface area contributed by atoms with Gasteiger partial charge in [0, 0.05) is 11.0 Å². The van der Waals surface area contributed by atoms with E-state index in [1.165, 1.54) is 11.0 Å². The summed E-state index contributed by atoms with van der Waals surface area (Å²) >= 11 is 1.67. The quantitative estimate of drug-likeness (QED) is 0.820. The van der Waals surface area contributed by atoms with Crippen LogP contribution in [0.25, 0.3) is 0 Å². The molecule has 2 aromatic rings. The van der Waals surface area contributed by atoms with Gasteiger partial charge >= 0.3 is 5.97 Å². The fourth-order valence-corrected chi connectivity index (χ4v) is 2.00. The van der Waals surface area contributed by atoms with Crippen molar-refractivity contribution in [3.8, 4) is 0 Å². The Morgan fingerprint density at radius 1 is 1.42 bits per heavy atom. The Kier molecular flexibility index (Phi) is 4.59. The number of carboxylic acid groups (broad SMARTS) is 1. The zero-order valence-corrected chi connectivity index (χ0v) is 11.1. The Balaban J connectivity index is 1.86. The molecule has 1 heterocycles. The van der Waals surface area contributed by atoms with E-state index in [0.717, 1.165) is 5.56 Å². The molecule has 0 saturated heterocycles. The fraction of sp³-hybridized carbons (Fsp3) is 0.231. The van der Waals surface area contributed by atoms with Crippen LogP contribution in [0.3, 0.4) is 0 Å². The summed E-state index contributed by atoms with van der Waals surface area (Å²) in [5, 5.41) is 12.1. The minimum absolute atomic E-state index is 0.108. The van der Waals surface area contributed by atoms with Crippen molar-refractivity contribution >= 4 is 17.7 Å². The zero-order chi connectivity index (χ0) is 13.7. The molecule has 2 rings (SSSR count). The molecular weight excluding hydrogens is 266 g/mol. The molecule has 0 aliphatic rings. The molecule has 1 aromatic carbocycles. The molecule has 0 amide bonds. The first-order valence-electron chi connectivity index (χ1n) is 5.58. The van der Waals surface area contributed by atoms with Crippen LogP contribution in [0, 0.1) is 0 Å². The van der Waals surface area contributed by atoms with E-state index in [9.17, 15) is 4.79 Å². The van der Waals surface area contributed by atoms with E-state index in [2.05, 4.69) is 5.16 Å². The molecule has 19 heavy (non-hydrogen) atoms. The van der Waals surface area contributed by atoms with E-state index in [1.807, 2.05) is 30.5 Å². The van der Waals surface area contributed by atoms with Crippen molar-refractivity contribution in [1.29, 1.82) is 0 Å². The van der Waals surface area contributed by atoms with Crippen molar-refractivity contribution in [3.05, 3.63) is 47.3 Å². The summed E-state index contributed by atoms with van der Waals surface area (Å²) in [6.07, 6.45) is 2.02. The number of hydrogen-bond acceptors (Lipinski definition) is 5. The molecule has 0 fully saturated rings. The number of benzene rings is 1. The number of ether oxygens (including phenoxy) is 1. The van der Waals surface area contributed by atoms with E-state index >= 15 is 0 Å². The second-order valence-electron chi connectivity index (χ2n) is 3.83. The van der Waals surface area contributed by atoms with Gasteiger partial charge in [-0.2, -0.15) is 0 Å². The molecule has 0 unspecified atom stereocenters. The molecule has 0 bridgehead atoms. The summed E-state index contributed by atoms with van der Waals surface area (Å²) in [5.41, 5.74) is 0.952. The SMILES string of the molecule is CSc1cccc(COCc2cc(C(=O)O)no2)c1. The first kappa shape index (κ1) is 13.6. The molecular formula is C13H13NO4S. The maximum atomic E-state index is 10.6. The molecule has 6 heteroatoms. The first-order chi connectivity index (χ1) is 9.19. The average molecular weight is 279 g/mol. The topological polar surface area (TPSA) is 72.6 Å². The standard InChI is InChI=1S/C13H13NO4S/c1-19-11-4-2-3-9(5-11)7-17-8-10-6-12(13(15)16)14-18-10/h2-6H,7-8H2,1H3,(H,15,16). The lowest BCUT2D eigenvalue weighted by atomic mass is 10.2. The highest BCUT2D eigenvalue weighted by Gasteiger charge is 2.10. The Morgan fingerprint density at radius 3 is 2.95 bits per heavy atom. The van der Waals surface area contributed by atoms with Gasteiger partial charge in [-0.15, -0.1) is 11.8 Å². The highest BCUT2D eigenvalue weighted by atomic mass is 32.2. The van der Waals surface area contributed by atoms with Gasteiger partial charge in [-0.05, 0) is 24.0 Å². The molecule has 1 N–H and O–H groups in total. The normalized spacial score (nSPS) is 10.6. The minimum Gasteiger partial charge on any atom is -0.476 e. The predicted molar refractivity (Wildman–Crippen MR) is 70.2 cm³/mol. The fourth-order valence-electron chi connectivity index (χ4n) is 1.51. The molecule has 0 saturated carbocycles. The average Bonchev–Trinajstić information content (AvgIpc) is 2.88. The van der Waals surface area contributed by atoms with Crippen LogP contribution in [-0.2, 0) is 18.0 Å². The van der Waals surface area contributed by atoms with Crippen molar-refractivity contribution in [2.24, 2.45) is 0 Å². The molecule has 0 spiro atoms. The van der Waals surface area contributed by atoms with Crippen molar-refractivity contribution in [3.63, 3.8) is 0 Å². The zero-order valence-electron chi connectivity index (χ0n) is 10.3. The maximum absolute atomic E-state index is 10.6. The molecule has 100 valence electrons. The Bertz CT molecular complexity index is 567. The van der Waals surface area contributed by atoms with E-state index in [-0.39, 0.29) is 12.3 Å². The van der Waals surface area contributed by atoms with Crippen molar-refractivity contribution in [1.82, 2.24) is 5.16 Å². The summed E-state index contributed by atoms with van der Waals surface area (Å²) in [4.78, 5) is 11.8. The van der Waals surface area contributed by atoms with Gasteiger partial charge in [0.05, 0.1) is 6.61 Å². The predicted octanol–water partition coefficient (Wildman–Crippen LogP) is 2.81. The molecule has 0 radical (unpaired) electrons. The summed E-state index contributed by atoms with van der Waals surface area (Å²) in [6.45, 7) is 0.640. The second kappa shape index (κ2) is 6.40. The Hall–Kier alpha value is -1.79. The van der Waals surface area contributed by atoms with Crippen LogP contribution in [0.2, 0.25) is 0 Å². The van der Waals surface area contributed by atoms with Gasteiger partial charge in [0.2, 0.25) is 0 Å². The number of carbonyl (C=O) groups is 1. The van der Waals surface area contributed by atoms with Gasteiger partial charge in [-0.25, -0.2) is 4.79 Å². The summed E-state index contributed by atoms with van der Waals surface area (Å²) in [7, 11) is 0. The van der Waals surface area contributed by atoms with Crippen LogP contribution in [0.4, 0.5) is 0 Å². The smallest absolute Gasteiger partial charge is 0.358 e. The van der Waals surface area contributed by atoms with Gasteiger partial charge in [-0.3, -0.25) is 0 Å². The first-order valence-corrected chi connectivity index (χ1v) is 6.81. The van der Waals surface area contributed by atoms with Gasteiger partial charge in [0.15, 0.2) is 11.5 Å². The number of rotatable bonds is 6. The number of nitrogens with zero attached hydrogens (tertiary/aromatic N) is 1. The van der Waals surface area contributed by atoms with Crippen molar-refractivity contribution in [2.45, 2.75) is 18.1 Å². The van der Waals surface area contributed by atoms with E-state index < -0.39 is 5.97 Å². The van der Waals surface area contributed by atoms with Crippen molar-refractivity contribution < 1.29 is 19.2 Å². The maximum Gasteiger partial charge on any atom is 0.358 e. The number of hydrogen-bond donors (Lipinski definition) is 1. The summed E-state index contributed by atoms with van der Waals surface area (Å²) in [5.74, 6) is -0.707. The van der Waals surface area contributed by atoms with Crippen LogP contribution in [0.5, 0.6) is 0 Å². The highest BCUT2D eigenvalue weighted by molar-refractivity contribution is 7.98. The monoisotopic (exact) mass is 279 g/mol. The van der Waals surface area contributed by atoms with Gasteiger partial charge in [0.1, 0.15) is 6.61 Å². The van der Waals surface area contributed by atoms with Gasteiger partial charge in [0.25, 0.3) is 0 Å². The van der Waals surface area contributed by atoms with Gasteiger partial charge < -0.3 is 14.4 Å². The van der Waals surface area contributed by atoms with Crippen LogP contribution in [0.15, 0.2) is 39.8 Å². The molecule has 0 aliphatic carbocycles. The Labute approximate surface area is 114 Å². The van der Waals surface area contributed by atoms with E-state index in [4.69, 9.17) is 14.4 Å². The van der Waals surface area contributed by atoms with Crippen LogP contribution in [0.1, 0.15) is 21.8 Å². The molecule has 1 aromatic heterocycles. The lowest BCUT2D eigenvalue weighted by Crippen LogP contribution is -1.95. The molecule has 0 aliphatic heterocycles. The Morgan fingerprint density at radius 2 is 2.26 bits per heavy atom. The van der Waals surface area contributed by atoms with Crippen molar-refractivity contribution in [2.75, 3.05) is 6.26 Å². The second-order valence-corrected chi connectivity index (χ2v) is 4.71. The largest absolute Gasteiger partial charge is 0.476 e. The highest BCUT2D eigenvalue weighted by Crippen LogP contribution is 2.16. The molecule has 0 atom stereocenters. The van der Waals surface area contributed by atoms with Crippen LogP contribution >= 0.6 is 11.8 Å². The van der Waals surface area contributed by atoms with E-state index in [1.54, 1.807) is 11.8 Å². The number of aromatic nitrogens is 1. The van der Waals surface area contributed by atoms with Crippen LogP contribution in [-0.4, -0.2) is 22.5 Å². The van der Waals surface area contributed by atoms with Gasteiger partial charge in [-0.1, -0.05) is 17.3 Å².